The normalized spacial score (nSPS) is 14.8. The van der Waals surface area contributed by atoms with Gasteiger partial charge >= 0.3 is 0 Å². The van der Waals surface area contributed by atoms with Gasteiger partial charge in [-0.05, 0) is 38.8 Å². The van der Waals surface area contributed by atoms with Crippen LogP contribution in [0.3, 0.4) is 0 Å². The van der Waals surface area contributed by atoms with Crippen molar-refractivity contribution in [3.8, 4) is 0 Å². The molecule has 1 saturated carbocycles. The molecule has 1 aromatic carbocycles. The molecule has 0 spiro atoms. The first-order valence-electron chi connectivity index (χ1n) is 10.1. The lowest BCUT2D eigenvalue weighted by Gasteiger charge is -2.16. The van der Waals surface area contributed by atoms with Crippen molar-refractivity contribution < 1.29 is 9.59 Å². The smallest absolute Gasteiger partial charge is 0.252 e. The summed E-state index contributed by atoms with van der Waals surface area (Å²) in [4.78, 5) is 25.2. The monoisotopic (exact) mass is 427 g/mol. The summed E-state index contributed by atoms with van der Waals surface area (Å²) in [6.45, 7) is 5.28. The van der Waals surface area contributed by atoms with Crippen LogP contribution in [0.15, 0.2) is 29.2 Å². The molecule has 2 amide bonds. The van der Waals surface area contributed by atoms with E-state index in [4.69, 9.17) is 0 Å². The topological polar surface area (TPSA) is 70.2 Å². The number of halogens is 1. The first-order valence-corrected chi connectivity index (χ1v) is 11.1. The maximum absolute atomic E-state index is 12.5. The molecule has 7 heteroatoms. The third-order valence-corrected chi connectivity index (χ3v) is 5.71. The fraction of sp³-hybridized carbons (Fsp3) is 0.619. The van der Waals surface area contributed by atoms with Crippen LogP contribution in [-0.4, -0.2) is 42.7 Å². The van der Waals surface area contributed by atoms with Crippen molar-refractivity contribution in [3.63, 3.8) is 0 Å². The Bertz CT molecular complexity index is 605. The Labute approximate surface area is 179 Å². The van der Waals surface area contributed by atoms with Crippen molar-refractivity contribution in [3.05, 3.63) is 29.8 Å². The maximum Gasteiger partial charge on any atom is 0.252 e. The fourth-order valence-corrected chi connectivity index (χ4v) is 4.18. The molecule has 1 aliphatic carbocycles. The van der Waals surface area contributed by atoms with E-state index in [0.29, 0.717) is 23.9 Å². The van der Waals surface area contributed by atoms with Gasteiger partial charge in [-0.3, -0.25) is 9.59 Å². The molecule has 3 N–H and O–H groups in total. The summed E-state index contributed by atoms with van der Waals surface area (Å²) in [5.41, 5.74) is 0.634. The molecule has 1 fully saturated rings. The summed E-state index contributed by atoms with van der Waals surface area (Å²) >= 11 is 1.40. The average molecular weight is 428 g/mol. The van der Waals surface area contributed by atoms with Gasteiger partial charge in [0.05, 0.1) is 11.3 Å². The highest BCUT2D eigenvalue weighted by Gasteiger charge is 2.14. The maximum atomic E-state index is 12.5. The molecule has 1 aromatic rings. The van der Waals surface area contributed by atoms with E-state index >= 15 is 0 Å². The lowest BCUT2D eigenvalue weighted by Crippen LogP contribution is -2.37. The molecule has 0 unspecified atom stereocenters. The van der Waals surface area contributed by atoms with E-state index in [1.54, 1.807) is 0 Å². The van der Waals surface area contributed by atoms with Crippen molar-refractivity contribution in [1.29, 1.82) is 0 Å². The van der Waals surface area contributed by atoms with Gasteiger partial charge < -0.3 is 16.0 Å². The first-order chi connectivity index (χ1) is 13.1. The van der Waals surface area contributed by atoms with Gasteiger partial charge in [0, 0.05) is 30.1 Å². The molecule has 0 aromatic heterocycles. The third-order valence-electron chi connectivity index (χ3n) is 4.64. The zero-order chi connectivity index (χ0) is 19.5. The standard InChI is InChI=1S/C21H33N3O2S.ClH/c1-16(2)24-20(25)15-27-19-12-8-7-11-18(19)21(26)23-14-13-22-17-9-5-3-4-6-10-17;/h7-8,11-12,16-17,22H,3-6,9-10,13-15H2,1-2H3,(H,23,26)(H,24,25);1H. The van der Waals surface area contributed by atoms with Gasteiger partial charge in [0.1, 0.15) is 0 Å². The molecule has 158 valence electrons. The van der Waals surface area contributed by atoms with Crippen LogP contribution >= 0.6 is 24.2 Å². The van der Waals surface area contributed by atoms with Crippen molar-refractivity contribution in [2.75, 3.05) is 18.8 Å². The molecular formula is C21H34ClN3O2S. The second-order valence-corrected chi connectivity index (χ2v) is 8.42. The molecule has 2 rings (SSSR count). The van der Waals surface area contributed by atoms with Gasteiger partial charge in [-0.1, -0.05) is 37.8 Å². The van der Waals surface area contributed by atoms with Crippen LogP contribution in [0.4, 0.5) is 0 Å². The lowest BCUT2D eigenvalue weighted by molar-refractivity contribution is -0.119. The minimum Gasteiger partial charge on any atom is -0.353 e. The van der Waals surface area contributed by atoms with E-state index in [1.807, 2.05) is 38.1 Å². The first kappa shape index (κ1) is 24.8. The highest BCUT2D eigenvalue weighted by molar-refractivity contribution is 8.00. The summed E-state index contributed by atoms with van der Waals surface area (Å²) in [6.07, 6.45) is 7.78. The number of benzene rings is 1. The molecule has 0 aliphatic heterocycles. The van der Waals surface area contributed by atoms with E-state index in [0.717, 1.165) is 11.4 Å². The minimum atomic E-state index is -0.0787. The van der Waals surface area contributed by atoms with Crippen LogP contribution in [-0.2, 0) is 4.79 Å². The summed E-state index contributed by atoms with van der Waals surface area (Å²) in [5, 5.41) is 9.44. The van der Waals surface area contributed by atoms with E-state index in [1.165, 1.54) is 50.3 Å². The van der Waals surface area contributed by atoms with Gasteiger partial charge in [-0.25, -0.2) is 0 Å². The van der Waals surface area contributed by atoms with E-state index in [2.05, 4.69) is 16.0 Å². The van der Waals surface area contributed by atoms with E-state index < -0.39 is 0 Å². The SMILES string of the molecule is CC(C)NC(=O)CSc1ccccc1C(=O)NCCNC1CCCCCC1.Cl. The second kappa shape index (κ2) is 13.9. The predicted octanol–water partition coefficient (Wildman–Crippen LogP) is 3.77. The Balaban J connectivity index is 0.00000392. The molecule has 0 radical (unpaired) electrons. The predicted molar refractivity (Wildman–Crippen MR) is 120 cm³/mol. The molecular weight excluding hydrogens is 394 g/mol. The Kier molecular flexibility index (Phi) is 12.3. The highest BCUT2D eigenvalue weighted by atomic mass is 35.5. The van der Waals surface area contributed by atoms with Crippen LogP contribution in [0, 0.1) is 0 Å². The van der Waals surface area contributed by atoms with Crippen molar-refractivity contribution >= 4 is 36.0 Å². The number of amides is 2. The molecule has 5 nitrogen and oxygen atoms in total. The molecule has 0 bridgehead atoms. The van der Waals surface area contributed by atoms with Gasteiger partial charge in [0.25, 0.3) is 5.91 Å². The number of rotatable bonds is 9. The van der Waals surface area contributed by atoms with E-state index in [-0.39, 0.29) is 30.3 Å². The summed E-state index contributed by atoms with van der Waals surface area (Å²) in [5.74, 6) is 0.217. The summed E-state index contributed by atoms with van der Waals surface area (Å²) < 4.78 is 0. The molecule has 0 atom stereocenters. The van der Waals surface area contributed by atoms with E-state index in [9.17, 15) is 9.59 Å². The lowest BCUT2D eigenvalue weighted by atomic mass is 10.1. The van der Waals surface area contributed by atoms with Gasteiger partial charge in [0.2, 0.25) is 5.91 Å². The van der Waals surface area contributed by atoms with Crippen LogP contribution in [0.2, 0.25) is 0 Å². The van der Waals surface area contributed by atoms with Crippen molar-refractivity contribution in [2.24, 2.45) is 0 Å². The number of nitrogens with one attached hydrogen (secondary N) is 3. The average Bonchev–Trinajstić information content (AvgIpc) is 2.92. The van der Waals surface area contributed by atoms with Crippen LogP contribution in [0.5, 0.6) is 0 Å². The minimum absolute atomic E-state index is 0. The Morgan fingerprint density at radius 3 is 2.43 bits per heavy atom. The third kappa shape index (κ3) is 9.30. The number of thioether (sulfide) groups is 1. The number of carbonyl (C=O) groups is 2. The van der Waals surface area contributed by atoms with Crippen LogP contribution < -0.4 is 16.0 Å². The Morgan fingerprint density at radius 2 is 1.75 bits per heavy atom. The van der Waals surface area contributed by atoms with Gasteiger partial charge in [0.15, 0.2) is 0 Å². The largest absolute Gasteiger partial charge is 0.353 e. The molecule has 1 aliphatic rings. The fourth-order valence-electron chi connectivity index (χ4n) is 3.32. The van der Waals surface area contributed by atoms with Gasteiger partial charge in [-0.15, -0.1) is 24.2 Å². The van der Waals surface area contributed by atoms with Gasteiger partial charge in [-0.2, -0.15) is 0 Å². The number of hydrogen-bond acceptors (Lipinski definition) is 4. The van der Waals surface area contributed by atoms with Crippen LogP contribution in [0.25, 0.3) is 0 Å². The molecule has 0 heterocycles. The van der Waals surface area contributed by atoms with Crippen molar-refractivity contribution in [2.45, 2.75) is 69.4 Å². The highest BCUT2D eigenvalue weighted by Crippen LogP contribution is 2.22. The zero-order valence-corrected chi connectivity index (χ0v) is 18.6. The summed E-state index contributed by atoms with van der Waals surface area (Å²) in [6, 6.07) is 8.18. The molecule has 0 saturated heterocycles. The second-order valence-electron chi connectivity index (χ2n) is 7.41. The Hall–Kier alpha value is -1.24. The number of carbonyl (C=O) groups excluding carboxylic acids is 2. The quantitative estimate of drug-likeness (QED) is 0.318. The number of hydrogen-bond donors (Lipinski definition) is 3. The van der Waals surface area contributed by atoms with Crippen LogP contribution in [0.1, 0.15) is 62.7 Å². The Morgan fingerprint density at radius 1 is 1.07 bits per heavy atom. The molecule has 28 heavy (non-hydrogen) atoms. The zero-order valence-electron chi connectivity index (χ0n) is 17.0. The summed E-state index contributed by atoms with van der Waals surface area (Å²) in [7, 11) is 0. The van der Waals surface area contributed by atoms with Crippen molar-refractivity contribution in [1.82, 2.24) is 16.0 Å².